The molecule has 0 radical (unpaired) electrons. The van der Waals surface area contributed by atoms with Crippen molar-refractivity contribution < 1.29 is 4.79 Å². The van der Waals surface area contributed by atoms with Crippen LogP contribution in [0.15, 0.2) is 48.5 Å². The average molecular weight is 339 g/mol. The summed E-state index contributed by atoms with van der Waals surface area (Å²) in [6, 6.07) is 15.6. The first-order valence-electron chi connectivity index (χ1n) is 7.93. The van der Waals surface area contributed by atoms with Crippen LogP contribution in [0, 0.1) is 6.92 Å². The number of hydrogen-bond acceptors (Lipinski definition) is 4. The Bertz CT molecular complexity index is 842. The monoisotopic (exact) mass is 339 g/mol. The molecule has 0 atom stereocenters. The molecule has 0 aliphatic heterocycles. The van der Waals surface area contributed by atoms with E-state index < -0.39 is 0 Å². The first kappa shape index (κ1) is 16.6. The zero-order valence-corrected chi connectivity index (χ0v) is 15.0. The molecule has 1 heterocycles. The van der Waals surface area contributed by atoms with E-state index in [0.29, 0.717) is 12.1 Å². The Morgan fingerprint density at radius 1 is 1.08 bits per heavy atom. The van der Waals surface area contributed by atoms with Gasteiger partial charge in [-0.25, -0.2) is 4.98 Å². The Hall–Kier alpha value is -2.24. The zero-order chi connectivity index (χ0) is 17.1. The lowest BCUT2D eigenvalue weighted by Gasteiger charge is -2.22. The van der Waals surface area contributed by atoms with Crippen molar-refractivity contribution >= 4 is 32.6 Å². The fourth-order valence-corrected chi connectivity index (χ4v) is 3.54. The van der Waals surface area contributed by atoms with Gasteiger partial charge in [-0.05, 0) is 50.8 Å². The van der Waals surface area contributed by atoms with Gasteiger partial charge >= 0.3 is 0 Å². The third-order valence-corrected chi connectivity index (χ3v) is 4.84. The van der Waals surface area contributed by atoms with Crippen LogP contribution in [0.5, 0.6) is 0 Å². The summed E-state index contributed by atoms with van der Waals surface area (Å²) >= 11 is 1.57. The summed E-state index contributed by atoms with van der Waals surface area (Å²) in [5.74, 6) is -0.00627. The van der Waals surface area contributed by atoms with Gasteiger partial charge in [0.25, 0.3) is 5.91 Å². The van der Waals surface area contributed by atoms with E-state index in [2.05, 4.69) is 28.9 Å². The Morgan fingerprint density at radius 3 is 2.54 bits per heavy atom. The molecule has 0 aliphatic rings. The fraction of sp³-hybridized carbons (Fsp3) is 0.263. The molecule has 0 spiro atoms. The van der Waals surface area contributed by atoms with E-state index in [4.69, 9.17) is 0 Å². The Kier molecular flexibility index (Phi) is 4.92. The van der Waals surface area contributed by atoms with Crippen LogP contribution in [0.4, 0.5) is 5.13 Å². The van der Waals surface area contributed by atoms with Crippen LogP contribution in [-0.2, 0) is 0 Å². The normalized spacial score (nSPS) is 11.2. The first-order valence-corrected chi connectivity index (χ1v) is 8.75. The molecule has 0 saturated carbocycles. The molecule has 0 unspecified atom stereocenters. The molecule has 1 aromatic heterocycles. The second kappa shape index (κ2) is 7.11. The summed E-state index contributed by atoms with van der Waals surface area (Å²) in [5, 5.41) is 0.756. The number of carbonyl (C=O) groups excluding carboxylic acids is 1. The van der Waals surface area contributed by atoms with Crippen LogP contribution in [0.2, 0.25) is 0 Å². The number of amides is 1. The number of benzene rings is 2. The SMILES string of the molecule is Cc1ccc2nc(N(CCN(C)C)C(=O)c3ccccc3)sc2c1. The predicted octanol–water partition coefficient (Wildman–Crippen LogP) is 3.81. The quantitative estimate of drug-likeness (QED) is 0.709. The largest absolute Gasteiger partial charge is 0.308 e. The smallest absolute Gasteiger partial charge is 0.260 e. The van der Waals surface area contributed by atoms with Crippen LogP contribution in [-0.4, -0.2) is 43.0 Å². The summed E-state index contributed by atoms with van der Waals surface area (Å²) in [4.78, 5) is 21.5. The van der Waals surface area contributed by atoms with Crippen LogP contribution in [0.1, 0.15) is 15.9 Å². The summed E-state index contributed by atoms with van der Waals surface area (Å²) < 4.78 is 1.11. The second-order valence-corrected chi connectivity index (χ2v) is 7.10. The third-order valence-electron chi connectivity index (χ3n) is 3.80. The molecular formula is C19H21N3OS. The van der Waals surface area contributed by atoms with Gasteiger partial charge in [0, 0.05) is 18.7 Å². The molecule has 3 aromatic rings. The molecule has 5 heteroatoms. The lowest BCUT2D eigenvalue weighted by atomic mass is 10.2. The van der Waals surface area contributed by atoms with Crippen molar-refractivity contribution in [1.82, 2.24) is 9.88 Å². The van der Waals surface area contributed by atoms with Crippen molar-refractivity contribution in [3.05, 3.63) is 59.7 Å². The number of fused-ring (bicyclic) bond motifs is 1. The van der Waals surface area contributed by atoms with Crippen molar-refractivity contribution in [3.63, 3.8) is 0 Å². The van der Waals surface area contributed by atoms with Crippen molar-refractivity contribution in [3.8, 4) is 0 Å². The van der Waals surface area contributed by atoms with Crippen molar-refractivity contribution in [2.75, 3.05) is 32.1 Å². The number of anilines is 1. The number of nitrogens with zero attached hydrogens (tertiary/aromatic N) is 3. The van der Waals surface area contributed by atoms with E-state index in [1.54, 1.807) is 16.2 Å². The second-order valence-electron chi connectivity index (χ2n) is 6.09. The standard InChI is InChI=1S/C19H21N3OS/c1-14-9-10-16-17(13-14)24-19(20-16)22(12-11-21(2)3)18(23)15-7-5-4-6-8-15/h4-10,13H,11-12H2,1-3H3. The van der Waals surface area contributed by atoms with E-state index in [-0.39, 0.29) is 5.91 Å². The van der Waals surface area contributed by atoms with Crippen LogP contribution in [0.25, 0.3) is 10.2 Å². The van der Waals surface area contributed by atoms with Crippen molar-refractivity contribution in [1.29, 1.82) is 0 Å². The molecular weight excluding hydrogens is 318 g/mol. The average Bonchev–Trinajstić information content (AvgIpc) is 2.98. The molecule has 0 aliphatic carbocycles. The highest BCUT2D eigenvalue weighted by Crippen LogP contribution is 2.30. The molecule has 24 heavy (non-hydrogen) atoms. The topological polar surface area (TPSA) is 36.4 Å². The summed E-state index contributed by atoms with van der Waals surface area (Å²) in [7, 11) is 4.01. The maximum absolute atomic E-state index is 13.0. The van der Waals surface area contributed by atoms with Crippen LogP contribution >= 0.6 is 11.3 Å². The lowest BCUT2D eigenvalue weighted by Crippen LogP contribution is -2.36. The van der Waals surface area contributed by atoms with Crippen LogP contribution in [0.3, 0.4) is 0 Å². The predicted molar refractivity (Wildman–Crippen MR) is 101 cm³/mol. The highest BCUT2D eigenvalue weighted by molar-refractivity contribution is 7.22. The minimum atomic E-state index is -0.00627. The molecule has 1 amide bonds. The van der Waals surface area contributed by atoms with E-state index in [9.17, 15) is 4.79 Å². The van der Waals surface area contributed by atoms with Gasteiger partial charge in [0.2, 0.25) is 0 Å². The number of aromatic nitrogens is 1. The van der Waals surface area contributed by atoms with Gasteiger partial charge in [0.15, 0.2) is 5.13 Å². The number of likely N-dealkylation sites (N-methyl/N-ethyl adjacent to an activating group) is 1. The van der Waals surface area contributed by atoms with E-state index in [1.165, 1.54) is 5.56 Å². The number of hydrogen-bond donors (Lipinski definition) is 0. The van der Waals surface area contributed by atoms with Crippen molar-refractivity contribution in [2.45, 2.75) is 6.92 Å². The molecule has 0 saturated heterocycles. The number of rotatable bonds is 5. The molecule has 4 nitrogen and oxygen atoms in total. The lowest BCUT2D eigenvalue weighted by molar-refractivity contribution is 0.0985. The minimum absolute atomic E-state index is 0.00627. The maximum atomic E-state index is 13.0. The first-order chi connectivity index (χ1) is 11.5. The molecule has 0 N–H and O–H groups in total. The van der Waals surface area contributed by atoms with E-state index in [0.717, 1.165) is 21.9 Å². The van der Waals surface area contributed by atoms with E-state index >= 15 is 0 Å². The molecule has 2 aromatic carbocycles. The number of thiazole rings is 1. The number of carbonyl (C=O) groups is 1. The fourth-order valence-electron chi connectivity index (χ4n) is 2.46. The van der Waals surface area contributed by atoms with Gasteiger partial charge in [-0.15, -0.1) is 0 Å². The molecule has 0 fully saturated rings. The molecule has 3 rings (SSSR count). The summed E-state index contributed by atoms with van der Waals surface area (Å²) in [6.07, 6.45) is 0. The molecule has 0 bridgehead atoms. The van der Waals surface area contributed by atoms with Gasteiger partial charge in [-0.1, -0.05) is 35.6 Å². The number of aryl methyl sites for hydroxylation is 1. The Morgan fingerprint density at radius 2 is 1.83 bits per heavy atom. The maximum Gasteiger partial charge on any atom is 0.260 e. The van der Waals surface area contributed by atoms with Gasteiger partial charge in [-0.3, -0.25) is 9.69 Å². The molecule has 124 valence electrons. The minimum Gasteiger partial charge on any atom is -0.308 e. The van der Waals surface area contributed by atoms with Crippen LogP contribution < -0.4 is 4.90 Å². The third kappa shape index (κ3) is 3.63. The van der Waals surface area contributed by atoms with E-state index in [1.807, 2.05) is 50.5 Å². The highest BCUT2D eigenvalue weighted by atomic mass is 32.1. The zero-order valence-electron chi connectivity index (χ0n) is 14.2. The van der Waals surface area contributed by atoms with Gasteiger partial charge in [-0.2, -0.15) is 0 Å². The summed E-state index contributed by atoms with van der Waals surface area (Å²) in [6.45, 7) is 3.46. The summed E-state index contributed by atoms with van der Waals surface area (Å²) in [5.41, 5.74) is 2.83. The van der Waals surface area contributed by atoms with Gasteiger partial charge < -0.3 is 4.90 Å². The van der Waals surface area contributed by atoms with Crippen molar-refractivity contribution in [2.24, 2.45) is 0 Å². The Labute approximate surface area is 146 Å². The van der Waals surface area contributed by atoms with Gasteiger partial charge in [0.05, 0.1) is 10.2 Å². The van der Waals surface area contributed by atoms with Gasteiger partial charge in [0.1, 0.15) is 0 Å². The highest BCUT2D eigenvalue weighted by Gasteiger charge is 2.21. The Balaban J connectivity index is 1.97.